The molecule has 0 spiro atoms. The highest BCUT2D eigenvalue weighted by molar-refractivity contribution is 5.85. The highest BCUT2D eigenvalue weighted by Crippen LogP contribution is 2.36. The maximum absolute atomic E-state index is 6.05. The van der Waals surface area contributed by atoms with Crippen molar-refractivity contribution in [3.05, 3.63) is 54.1 Å². The minimum atomic E-state index is 0. The van der Waals surface area contributed by atoms with Crippen molar-refractivity contribution >= 4 is 12.4 Å². The molecule has 0 saturated carbocycles. The largest absolute Gasteiger partial charge is 0.493 e. The van der Waals surface area contributed by atoms with Gasteiger partial charge in [-0.1, -0.05) is 30.3 Å². The smallest absolute Gasteiger partial charge is 0.231 e. The predicted octanol–water partition coefficient (Wildman–Crippen LogP) is 3.61. The average molecular weight is 348 g/mol. The van der Waals surface area contributed by atoms with Crippen molar-refractivity contribution in [2.45, 2.75) is 12.3 Å². The second kappa shape index (κ2) is 7.77. The van der Waals surface area contributed by atoms with E-state index in [2.05, 4.69) is 35.6 Å². The van der Waals surface area contributed by atoms with Crippen LogP contribution in [-0.4, -0.2) is 26.5 Å². The van der Waals surface area contributed by atoms with Gasteiger partial charge in [0.05, 0.1) is 6.61 Å². The molecule has 5 heteroatoms. The van der Waals surface area contributed by atoms with E-state index < -0.39 is 0 Å². The second-order valence-electron chi connectivity index (χ2n) is 6.10. The minimum absolute atomic E-state index is 0. The van der Waals surface area contributed by atoms with Gasteiger partial charge in [-0.2, -0.15) is 0 Å². The Morgan fingerprint density at radius 3 is 2.75 bits per heavy atom. The van der Waals surface area contributed by atoms with E-state index in [4.69, 9.17) is 14.2 Å². The first kappa shape index (κ1) is 16.9. The minimum Gasteiger partial charge on any atom is -0.493 e. The van der Waals surface area contributed by atoms with E-state index in [1.807, 2.05) is 18.2 Å². The molecule has 2 heterocycles. The van der Waals surface area contributed by atoms with E-state index >= 15 is 0 Å². The molecular weight excluding hydrogens is 326 g/mol. The van der Waals surface area contributed by atoms with Gasteiger partial charge < -0.3 is 19.5 Å². The number of hydrogen-bond acceptors (Lipinski definition) is 4. The van der Waals surface area contributed by atoms with Crippen LogP contribution in [0.3, 0.4) is 0 Å². The van der Waals surface area contributed by atoms with Gasteiger partial charge in [0.25, 0.3) is 0 Å². The lowest BCUT2D eigenvalue weighted by molar-refractivity contribution is 0.173. The summed E-state index contributed by atoms with van der Waals surface area (Å²) in [5, 5.41) is 3.49. The summed E-state index contributed by atoms with van der Waals surface area (Å²) in [4.78, 5) is 0. The van der Waals surface area contributed by atoms with Gasteiger partial charge in [0.15, 0.2) is 11.5 Å². The number of fused-ring (bicyclic) bond motifs is 1. The van der Waals surface area contributed by atoms with E-state index in [1.165, 1.54) is 5.56 Å². The van der Waals surface area contributed by atoms with Crippen LogP contribution in [0.25, 0.3) is 0 Å². The van der Waals surface area contributed by atoms with Gasteiger partial charge in [0.1, 0.15) is 5.75 Å². The molecule has 2 atom stereocenters. The molecule has 0 bridgehead atoms. The summed E-state index contributed by atoms with van der Waals surface area (Å²) < 4.78 is 16.8. The lowest BCUT2D eigenvalue weighted by Crippen LogP contribution is -2.38. The lowest BCUT2D eigenvalue weighted by Gasteiger charge is -2.32. The van der Waals surface area contributed by atoms with Gasteiger partial charge in [-0.3, -0.25) is 0 Å². The molecule has 0 aliphatic carbocycles. The molecule has 2 aromatic rings. The Morgan fingerprint density at radius 2 is 1.88 bits per heavy atom. The molecule has 4 rings (SSSR count). The molecule has 1 N–H and O–H groups in total. The molecule has 2 aliphatic rings. The predicted molar refractivity (Wildman–Crippen MR) is 95.5 cm³/mol. The van der Waals surface area contributed by atoms with Crippen molar-refractivity contribution in [1.29, 1.82) is 0 Å². The van der Waals surface area contributed by atoms with Crippen molar-refractivity contribution in [3.63, 3.8) is 0 Å². The molecule has 0 amide bonds. The van der Waals surface area contributed by atoms with Gasteiger partial charge in [-0.15, -0.1) is 12.4 Å². The summed E-state index contributed by atoms with van der Waals surface area (Å²) in [6, 6.07) is 16.5. The Bertz CT molecular complexity index is 665. The third-order valence-electron chi connectivity index (χ3n) is 4.64. The molecule has 24 heavy (non-hydrogen) atoms. The van der Waals surface area contributed by atoms with Crippen molar-refractivity contribution in [1.82, 2.24) is 5.32 Å². The van der Waals surface area contributed by atoms with Crippen molar-refractivity contribution < 1.29 is 14.2 Å². The number of halogens is 1. The highest BCUT2D eigenvalue weighted by Gasteiger charge is 2.27. The van der Waals surface area contributed by atoms with E-state index in [-0.39, 0.29) is 12.4 Å². The van der Waals surface area contributed by atoms with Crippen LogP contribution in [0.5, 0.6) is 17.2 Å². The summed E-state index contributed by atoms with van der Waals surface area (Å²) in [6.07, 6.45) is 1.15. The Morgan fingerprint density at radius 1 is 1.04 bits per heavy atom. The number of rotatable bonds is 4. The molecule has 1 fully saturated rings. The number of nitrogens with one attached hydrogen (secondary N) is 1. The van der Waals surface area contributed by atoms with Crippen LogP contribution in [0.1, 0.15) is 17.9 Å². The molecule has 0 aromatic heterocycles. The number of piperidine rings is 1. The third-order valence-corrected chi connectivity index (χ3v) is 4.64. The number of hydrogen-bond donors (Lipinski definition) is 1. The average Bonchev–Trinajstić information content (AvgIpc) is 3.09. The van der Waals surface area contributed by atoms with Gasteiger partial charge in [-0.05, 0) is 36.6 Å². The van der Waals surface area contributed by atoms with Crippen LogP contribution in [0.2, 0.25) is 0 Å². The number of benzene rings is 2. The molecular formula is C19H22ClNO3. The topological polar surface area (TPSA) is 39.7 Å². The van der Waals surface area contributed by atoms with Crippen LogP contribution in [0, 0.1) is 5.92 Å². The van der Waals surface area contributed by atoms with E-state index in [0.717, 1.165) is 36.8 Å². The maximum atomic E-state index is 6.05. The fourth-order valence-corrected chi connectivity index (χ4v) is 3.41. The quantitative estimate of drug-likeness (QED) is 0.917. The fraction of sp³-hybridized carbons (Fsp3) is 0.368. The molecule has 4 nitrogen and oxygen atoms in total. The molecule has 2 unspecified atom stereocenters. The molecule has 0 radical (unpaired) electrons. The summed E-state index contributed by atoms with van der Waals surface area (Å²) in [5.41, 5.74) is 1.41. The molecule has 1 saturated heterocycles. The Kier molecular flexibility index (Phi) is 5.48. The second-order valence-corrected chi connectivity index (χ2v) is 6.10. The van der Waals surface area contributed by atoms with Crippen molar-refractivity contribution in [2.24, 2.45) is 5.92 Å². The first-order chi connectivity index (χ1) is 11.4. The third kappa shape index (κ3) is 3.60. The van der Waals surface area contributed by atoms with Crippen LogP contribution in [0.15, 0.2) is 48.5 Å². The van der Waals surface area contributed by atoms with Gasteiger partial charge in [0.2, 0.25) is 6.79 Å². The molecule has 128 valence electrons. The van der Waals surface area contributed by atoms with Crippen LogP contribution in [-0.2, 0) is 0 Å². The van der Waals surface area contributed by atoms with Gasteiger partial charge >= 0.3 is 0 Å². The molecule has 2 aliphatic heterocycles. The summed E-state index contributed by atoms with van der Waals surface area (Å²) in [7, 11) is 0. The monoisotopic (exact) mass is 347 g/mol. The standard InChI is InChI=1S/C19H21NO3.ClH/c1-2-4-14(5-3-1)17-8-9-20-11-15(17)12-21-16-6-7-18-19(10-16)23-13-22-18;/h1-7,10,15,17,20H,8-9,11-13H2;1H. The maximum Gasteiger partial charge on any atom is 0.231 e. The van der Waals surface area contributed by atoms with Crippen LogP contribution >= 0.6 is 12.4 Å². The zero-order valence-electron chi connectivity index (χ0n) is 13.4. The van der Waals surface area contributed by atoms with E-state index in [9.17, 15) is 0 Å². The van der Waals surface area contributed by atoms with Crippen LogP contribution < -0.4 is 19.5 Å². The van der Waals surface area contributed by atoms with Crippen LogP contribution in [0.4, 0.5) is 0 Å². The summed E-state index contributed by atoms with van der Waals surface area (Å²) >= 11 is 0. The first-order valence-electron chi connectivity index (χ1n) is 8.18. The van der Waals surface area contributed by atoms with E-state index in [0.29, 0.717) is 25.2 Å². The Hall–Kier alpha value is -1.91. The normalized spacial score (nSPS) is 21.8. The molecule has 2 aromatic carbocycles. The zero-order valence-corrected chi connectivity index (χ0v) is 14.3. The Balaban J connectivity index is 0.00000169. The van der Waals surface area contributed by atoms with Gasteiger partial charge in [0, 0.05) is 18.5 Å². The van der Waals surface area contributed by atoms with Gasteiger partial charge in [-0.25, -0.2) is 0 Å². The first-order valence-corrected chi connectivity index (χ1v) is 8.18. The SMILES string of the molecule is Cl.c1ccc(C2CCNCC2COc2ccc3c(c2)OCO3)cc1. The highest BCUT2D eigenvalue weighted by atomic mass is 35.5. The van der Waals surface area contributed by atoms with Crippen molar-refractivity contribution in [2.75, 3.05) is 26.5 Å². The summed E-state index contributed by atoms with van der Waals surface area (Å²) in [5.74, 6) is 3.41. The number of ether oxygens (including phenoxy) is 3. The van der Waals surface area contributed by atoms with E-state index in [1.54, 1.807) is 0 Å². The zero-order chi connectivity index (χ0) is 15.5. The van der Waals surface area contributed by atoms with Crippen molar-refractivity contribution in [3.8, 4) is 17.2 Å². The Labute approximate surface area is 148 Å². The fourth-order valence-electron chi connectivity index (χ4n) is 3.41. The summed E-state index contributed by atoms with van der Waals surface area (Å²) in [6.45, 7) is 3.05. The lowest BCUT2D eigenvalue weighted by atomic mass is 9.81.